The lowest BCUT2D eigenvalue weighted by Gasteiger charge is -2.28. The molecular weight excluding hydrogens is 534 g/mol. The molecule has 10 heteroatoms. The Morgan fingerprint density at radius 2 is 1.86 bits per heavy atom. The fourth-order valence-corrected chi connectivity index (χ4v) is 5.50. The minimum Gasteiger partial charge on any atom is -0.497 e. The van der Waals surface area contributed by atoms with Crippen LogP contribution in [-0.2, 0) is 9.59 Å². The summed E-state index contributed by atoms with van der Waals surface area (Å²) in [5.74, 6) is 0.564. The molecule has 0 radical (unpaired) electrons. The average molecular weight is 570 g/mol. The predicted molar refractivity (Wildman–Crippen MR) is 158 cm³/mol. The molecule has 2 aliphatic rings. The van der Waals surface area contributed by atoms with Crippen molar-refractivity contribution < 1.29 is 23.5 Å². The van der Waals surface area contributed by atoms with Crippen LogP contribution in [0.5, 0.6) is 5.75 Å². The number of likely N-dealkylation sites (tertiary alicyclic amines) is 2. The van der Waals surface area contributed by atoms with Crippen molar-refractivity contribution in [1.29, 1.82) is 5.26 Å². The van der Waals surface area contributed by atoms with Crippen molar-refractivity contribution in [1.82, 2.24) is 15.1 Å². The minimum absolute atomic E-state index is 0.0217. The summed E-state index contributed by atoms with van der Waals surface area (Å²) in [4.78, 5) is 43.7. The Bertz CT molecular complexity index is 1560. The molecule has 2 fully saturated rings. The van der Waals surface area contributed by atoms with Crippen LogP contribution in [0.1, 0.15) is 48.2 Å². The first-order valence-electron chi connectivity index (χ1n) is 14.3. The van der Waals surface area contributed by atoms with Gasteiger partial charge in [-0.15, -0.1) is 0 Å². The second-order valence-electron chi connectivity index (χ2n) is 10.7. The number of rotatable bonds is 9. The van der Waals surface area contributed by atoms with Gasteiger partial charge in [0.25, 0.3) is 0 Å². The first-order chi connectivity index (χ1) is 20.4. The second-order valence-corrected chi connectivity index (χ2v) is 10.7. The molecule has 0 unspecified atom stereocenters. The largest absolute Gasteiger partial charge is 0.497 e. The first kappa shape index (κ1) is 28.7. The van der Waals surface area contributed by atoms with Gasteiger partial charge in [-0.3, -0.25) is 14.4 Å². The fourth-order valence-electron chi connectivity index (χ4n) is 5.50. The molecule has 2 aromatic carbocycles. The Labute approximate surface area is 244 Å². The molecule has 2 N–H and O–H groups in total. The number of hydrogen-bond donors (Lipinski definition) is 2. The molecule has 0 spiro atoms. The Morgan fingerprint density at radius 1 is 1.07 bits per heavy atom. The maximum atomic E-state index is 13.7. The van der Waals surface area contributed by atoms with Gasteiger partial charge in [0.15, 0.2) is 0 Å². The van der Waals surface area contributed by atoms with E-state index < -0.39 is 11.8 Å². The highest BCUT2D eigenvalue weighted by Crippen LogP contribution is 2.25. The van der Waals surface area contributed by atoms with Gasteiger partial charge in [0.2, 0.25) is 17.6 Å². The highest BCUT2D eigenvalue weighted by molar-refractivity contribution is 6.12. The molecule has 2 amide bonds. The van der Waals surface area contributed by atoms with Crippen LogP contribution in [0.4, 0.5) is 5.69 Å². The average Bonchev–Trinajstić information content (AvgIpc) is 3.63. The molecule has 1 atom stereocenters. The predicted octanol–water partition coefficient (Wildman–Crippen LogP) is 4.37. The number of benzene rings is 2. The molecule has 2 saturated heterocycles. The Balaban J connectivity index is 1.47. The number of hydrogen-bond acceptors (Lipinski definition) is 8. The van der Waals surface area contributed by atoms with Gasteiger partial charge in [0.05, 0.1) is 13.7 Å². The number of Topliss-reactive ketones (excluding diaryl/α,β-unsaturated/α-hetero) is 1. The number of aryl methyl sites for hydroxylation is 1. The van der Waals surface area contributed by atoms with Crippen LogP contribution in [0.2, 0.25) is 0 Å². The zero-order chi connectivity index (χ0) is 29.6. The third-order valence-corrected chi connectivity index (χ3v) is 7.71. The van der Waals surface area contributed by atoms with Crippen LogP contribution in [0.25, 0.3) is 11.0 Å². The molecule has 0 saturated carbocycles. The third-order valence-electron chi connectivity index (χ3n) is 7.71. The van der Waals surface area contributed by atoms with E-state index in [-0.39, 0.29) is 35.3 Å². The molecule has 3 aromatic rings. The number of methoxy groups -OCH3 is 1. The van der Waals surface area contributed by atoms with E-state index in [2.05, 4.69) is 16.7 Å². The van der Waals surface area contributed by atoms with E-state index in [1.807, 2.05) is 24.0 Å². The monoisotopic (exact) mass is 569 g/mol. The molecule has 3 heterocycles. The number of nitriles is 1. The summed E-state index contributed by atoms with van der Waals surface area (Å²) < 4.78 is 11.0. The molecule has 5 rings (SSSR count). The summed E-state index contributed by atoms with van der Waals surface area (Å²) in [6, 6.07) is 15.3. The van der Waals surface area contributed by atoms with Crippen molar-refractivity contribution in [2.75, 3.05) is 38.6 Å². The van der Waals surface area contributed by atoms with Gasteiger partial charge in [-0.2, -0.15) is 5.26 Å². The van der Waals surface area contributed by atoms with Crippen LogP contribution in [0.15, 0.2) is 64.3 Å². The maximum Gasteiger partial charge on any atom is 0.245 e. The van der Waals surface area contributed by atoms with Crippen LogP contribution < -0.4 is 15.4 Å². The van der Waals surface area contributed by atoms with Crippen LogP contribution in [0.3, 0.4) is 0 Å². The van der Waals surface area contributed by atoms with Crippen LogP contribution in [0, 0.1) is 18.3 Å². The number of furan rings is 1. The molecule has 0 bridgehead atoms. The Kier molecular flexibility index (Phi) is 8.77. The number of ether oxygens (including phenoxy) is 1. The second kappa shape index (κ2) is 12.8. The standard InChI is InChI=1S/C32H35N5O5/c1-21-16-23-17-24(11-12-28(23)42-21)34-31(26(19-33)30(39)22-8-7-9-25(18-22)41-2)35-27-10-3-4-15-37(32(27)40)20-29(38)36-13-5-6-14-36/h7-9,11-12,16-18,27,34-35H,3-6,10,13-15,20H2,1-2H3/b31-26-/t27-/m0/s1. The summed E-state index contributed by atoms with van der Waals surface area (Å²) in [6.07, 6.45) is 3.95. The number of amides is 2. The van der Waals surface area contributed by atoms with Gasteiger partial charge in [-0.25, -0.2) is 0 Å². The summed E-state index contributed by atoms with van der Waals surface area (Å²) >= 11 is 0. The summed E-state index contributed by atoms with van der Waals surface area (Å²) in [5.41, 5.74) is 1.42. The van der Waals surface area contributed by atoms with Gasteiger partial charge in [0, 0.05) is 36.3 Å². The fraction of sp³-hybridized carbons (Fsp3) is 0.375. The number of carbonyl (C=O) groups excluding carboxylic acids is 3. The summed E-state index contributed by atoms with van der Waals surface area (Å²) in [6.45, 7) is 3.80. The van der Waals surface area contributed by atoms with E-state index in [1.165, 1.54) is 7.11 Å². The third kappa shape index (κ3) is 6.41. The topological polar surface area (TPSA) is 128 Å². The maximum absolute atomic E-state index is 13.7. The number of ketones is 1. The van der Waals surface area contributed by atoms with Gasteiger partial charge < -0.3 is 29.6 Å². The van der Waals surface area contributed by atoms with Crippen LogP contribution in [-0.4, -0.2) is 66.7 Å². The van der Waals surface area contributed by atoms with E-state index in [0.717, 1.165) is 49.9 Å². The Hall–Kier alpha value is -4.78. The number of nitrogens with zero attached hydrogens (tertiary/aromatic N) is 3. The molecule has 42 heavy (non-hydrogen) atoms. The normalized spacial score (nSPS) is 17.8. The van der Waals surface area contributed by atoms with Gasteiger partial charge in [-0.1, -0.05) is 12.1 Å². The quantitative estimate of drug-likeness (QED) is 0.221. The smallest absolute Gasteiger partial charge is 0.245 e. The molecule has 0 aliphatic carbocycles. The highest BCUT2D eigenvalue weighted by atomic mass is 16.5. The van der Waals surface area contributed by atoms with E-state index in [4.69, 9.17) is 9.15 Å². The number of anilines is 1. The number of carbonyl (C=O) groups is 3. The zero-order valence-electron chi connectivity index (χ0n) is 23.9. The van der Waals surface area contributed by atoms with Crippen LogP contribution >= 0.6 is 0 Å². The lowest BCUT2D eigenvalue weighted by molar-refractivity contribution is -0.140. The first-order valence-corrected chi connectivity index (χ1v) is 14.3. The van der Waals surface area contributed by atoms with Crippen molar-refractivity contribution in [2.24, 2.45) is 0 Å². The van der Waals surface area contributed by atoms with E-state index in [0.29, 0.717) is 30.0 Å². The van der Waals surface area contributed by atoms with Crippen molar-refractivity contribution in [3.63, 3.8) is 0 Å². The van der Waals surface area contributed by atoms with Crippen molar-refractivity contribution in [2.45, 2.75) is 45.1 Å². The summed E-state index contributed by atoms with van der Waals surface area (Å²) in [7, 11) is 1.50. The van der Waals surface area contributed by atoms with E-state index in [1.54, 1.807) is 41.3 Å². The van der Waals surface area contributed by atoms with Crippen molar-refractivity contribution >= 4 is 34.3 Å². The molecular formula is C32H35N5O5. The van der Waals surface area contributed by atoms with E-state index >= 15 is 0 Å². The van der Waals surface area contributed by atoms with Gasteiger partial charge in [0.1, 0.15) is 40.6 Å². The number of allylic oxidation sites excluding steroid dienone is 1. The van der Waals surface area contributed by atoms with Gasteiger partial charge in [-0.05, 0) is 75.4 Å². The Morgan fingerprint density at radius 3 is 2.62 bits per heavy atom. The molecule has 218 valence electrons. The lowest BCUT2D eigenvalue weighted by atomic mass is 10.0. The highest BCUT2D eigenvalue weighted by Gasteiger charge is 2.32. The van der Waals surface area contributed by atoms with E-state index in [9.17, 15) is 19.6 Å². The van der Waals surface area contributed by atoms with Crippen molar-refractivity contribution in [3.05, 3.63) is 71.2 Å². The molecule has 1 aromatic heterocycles. The molecule has 2 aliphatic heterocycles. The van der Waals surface area contributed by atoms with Gasteiger partial charge >= 0.3 is 0 Å². The van der Waals surface area contributed by atoms with Crippen molar-refractivity contribution in [3.8, 4) is 11.8 Å². The number of nitrogens with one attached hydrogen (secondary N) is 2. The molecule has 10 nitrogen and oxygen atoms in total. The lowest BCUT2D eigenvalue weighted by Crippen LogP contribution is -2.49. The number of fused-ring (bicyclic) bond motifs is 1. The summed E-state index contributed by atoms with van der Waals surface area (Å²) in [5, 5.41) is 17.5. The SMILES string of the molecule is COc1cccc(C(=O)/C(C#N)=C(/Nc2ccc3oc(C)cc3c2)N[C@H]2CCCCN(CC(=O)N3CCCC3)C2=O)c1. The zero-order valence-corrected chi connectivity index (χ0v) is 23.9. The minimum atomic E-state index is -0.734.